The van der Waals surface area contributed by atoms with E-state index in [1.54, 1.807) is 6.20 Å². The number of hydrogen-bond acceptors (Lipinski definition) is 3. The van der Waals surface area contributed by atoms with Gasteiger partial charge in [0.25, 0.3) is 0 Å². The minimum atomic E-state index is 0.478. The fourth-order valence-corrected chi connectivity index (χ4v) is 1.03. The van der Waals surface area contributed by atoms with Crippen molar-refractivity contribution in [3.8, 4) is 5.75 Å². The molecule has 0 aromatic carbocycles. The summed E-state index contributed by atoms with van der Waals surface area (Å²) in [6, 6.07) is 3.81. The zero-order valence-electron chi connectivity index (χ0n) is 8.86. The van der Waals surface area contributed by atoms with Gasteiger partial charge in [-0.25, -0.2) is 0 Å². The zero-order chi connectivity index (χ0) is 10.4. The number of hydrogen-bond donors (Lipinski definition) is 1. The molecule has 78 valence electrons. The standard InChI is InChI=1S/C11H18N2O/c1-9(2)5-6-14-11-4-3-10(7-12)13-8-11/h3-4,8-9H,5-7,12H2,1-2H3. The van der Waals surface area contributed by atoms with Crippen LogP contribution in [0.15, 0.2) is 18.3 Å². The minimum absolute atomic E-state index is 0.478. The maximum atomic E-state index is 5.51. The second-order valence-corrected chi connectivity index (χ2v) is 3.72. The maximum absolute atomic E-state index is 5.51. The highest BCUT2D eigenvalue weighted by atomic mass is 16.5. The molecule has 0 atom stereocenters. The molecule has 1 rings (SSSR count). The molecule has 3 nitrogen and oxygen atoms in total. The van der Waals surface area contributed by atoms with Gasteiger partial charge in [-0.05, 0) is 24.5 Å². The molecule has 0 aliphatic carbocycles. The first-order chi connectivity index (χ1) is 6.72. The highest BCUT2D eigenvalue weighted by Crippen LogP contribution is 2.10. The summed E-state index contributed by atoms with van der Waals surface area (Å²) in [5, 5.41) is 0. The molecule has 0 amide bonds. The van der Waals surface area contributed by atoms with E-state index in [-0.39, 0.29) is 0 Å². The van der Waals surface area contributed by atoms with Crippen LogP contribution in [0.5, 0.6) is 5.75 Å². The lowest BCUT2D eigenvalue weighted by Crippen LogP contribution is -2.03. The van der Waals surface area contributed by atoms with E-state index >= 15 is 0 Å². The summed E-state index contributed by atoms with van der Waals surface area (Å²) in [4.78, 5) is 4.14. The number of ether oxygens (including phenoxy) is 1. The van der Waals surface area contributed by atoms with E-state index in [1.807, 2.05) is 12.1 Å². The van der Waals surface area contributed by atoms with E-state index in [2.05, 4.69) is 18.8 Å². The Labute approximate surface area is 85.3 Å². The van der Waals surface area contributed by atoms with E-state index in [0.29, 0.717) is 12.5 Å². The smallest absolute Gasteiger partial charge is 0.137 e. The molecule has 3 heteroatoms. The number of nitrogens with zero attached hydrogens (tertiary/aromatic N) is 1. The SMILES string of the molecule is CC(C)CCOc1ccc(CN)nc1. The van der Waals surface area contributed by atoms with Gasteiger partial charge in [0, 0.05) is 6.54 Å². The van der Waals surface area contributed by atoms with Crippen LogP contribution in [0, 0.1) is 5.92 Å². The first-order valence-electron chi connectivity index (χ1n) is 5.00. The topological polar surface area (TPSA) is 48.1 Å². The van der Waals surface area contributed by atoms with Crippen molar-refractivity contribution in [2.45, 2.75) is 26.8 Å². The first kappa shape index (κ1) is 11.0. The molecule has 0 saturated carbocycles. The van der Waals surface area contributed by atoms with Crippen molar-refractivity contribution in [2.75, 3.05) is 6.61 Å². The Morgan fingerprint density at radius 2 is 2.21 bits per heavy atom. The molecule has 0 aliphatic heterocycles. The Hall–Kier alpha value is -1.09. The van der Waals surface area contributed by atoms with Crippen molar-refractivity contribution in [3.05, 3.63) is 24.0 Å². The van der Waals surface area contributed by atoms with Crippen LogP contribution in [0.3, 0.4) is 0 Å². The molecule has 0 fully saturated rings. The van der Waals surface area contributed by atoms with Gasteiger partial charge in [-0.15, -0.1) is 0 Å². The third-order valence-corrected chi connectivity index (χ3v) is 1.97. The number of rotatable bonds is 5. The molecular formula is C11H18N2O. The highest BCUT2D eigenvalue weighted by Gasteiger charge is 1.97. The molecule has 1 aromatic heterocycles. The Morgan fingerprint density at radius 3 is 2.71 bits per heavy atom. The van der Waals surface area contributed by atoms with Crippen LogP contribution in [-0.2, 0) is 6.54 Å². The summed E-state index contributed by atoms with van der Waals surface area (Å²) in [6.07, 6.45) is 2.79. The summed E-state index contributed by atoms with van der Waals surface area (Å²) in [5.41, 5.74) is 6.33. The van der Waals surface area contributed by atoms with Crippen molar-refractivity contribution < 1.29 is 4.74 Å². The van der Waals surface area contributed by atoms with Crippen LogP contribution < -0.4 is 10.5 Å². The molecule has 0 radical (unpaired) electrons. The zero-order valence-corrected chi connectivity index (χ0v) is 8.86. The lowest BCUT2D eigenvalue weighted by atomic mass is 10.1. The molecule has 2 N–H and O–H groups in total. The van der Waals surface area contributed by atoms with Crippen molar-refractivity contribution in [1.82, 2.24) is 4.98 Å². The predicted octanol–water partition coefficient (Wildman–Crippen LogP) is 1.97. The summed E-state index contributed by atoms with van der Waals surface area (Å²) in [6.45, 7) is 5.59. The van der Waals surface area contributed by atoms with Gasteiger partial charge in [0.05, 0.1) is 18.5 Å². The lowest BCUT2D eigenvalue weighted by molar-refractivity contribution is 0.288. The molecular weight excluding hydrogens is 176 g/mol. The van der Waals surface area contributed by atoms with Crippen LogP contribution in [0.25, 0.3) is 0 Å². The molecule has 1 aromatic rings. The monoisotopic (exact) mass is 194 g/mol. The van der Waals surface area contributed by atoms with Gasteiger partial charge in [0.15, 0.2) is 0 Å². The second kappa shape index (κ2) is 5.60. The van der Waals surface area contributed by atoms with Gasteiger partial charge in [0.2, 0.25) is 0 Å². The quantitative estimate of drug-likeness (QED) is 0.779. The van der Waals surface area contributed by atoms with Gasteiger partial charge in [0.1, 0.15) is 5.75 Å². The molecule has 0 unspecified atom stereocenters. The highest BCUT2D eigenvalue weighted by molar-refractivity contribution is 5.19. The number of nitrogens with two attached hydrogens (primary N) is 1. The molecule has 0 aliphatic rings. The fraction of sp³-hybridized carbons (Fsp3) is 0.545. The summed E-state index contributed by atoms with van der Waals surface area (Å²) < 4.78 is 5.51. The van der Waals surface area contributed by atoms with Crippen LogP contribution in [0.4, 0.5) is 0 Å². The Bertz CT molecular complexity index is 256. The van der Waals surface area contributed by atoms with Crippen molar-refractivity contribution in [1.29, 1.82) is 0 Å². The van der Waals surface area contributed by atoms with Crippen LogP contribution in [0.1, 0.15) is 26.0 Å². The average Bonchev–Trinajstić information content (AvgIpc) is 2.18. The maximum Gasteiger partial charge on any atom is 0.137 e. The summed E-state index contributed by atoms with van der Waals surface area (Å²) in [7, 11) is 0. The van der Waals surface area contributed by atoms with Crippen LogP contribution in [-0.4, -0.2) is 11.6 Å². The van der Waals surface area contributed by atoms with E-state index in [0.717, 1.165) is 24.5 Å². The van der Waals surface area contributed by atoms with E-state index in [1.165, 1.54) is 0 Å². The fourth-order valence-electron chi connectivity index (χ4n) is 1.03. The second-order valence-electron chi connectivity index (χ2n) is 3.72. The van der Waals surface area contributed by atoms with E-state index in [4.69, 9.17) is 10.5 Å². The Morgan fingerprint density at radius 1 is 1.43 bits per heavy atom. The van der Waals surface area contributed by atoms with Gasteiger partial charge in [-0.2, -0.15) is 0 Å². The summed E-state index contributed by atoms with van der Waals surface area (Å²) >= 11 is 0. The average molecular weight is 194 g/mol. The number of aromatic nitrogens is 1. The Balaban J connectivity index is 2.36. The van der Waals surface area contributed by atoms with E-state index < -0.39 is 0 Å². The van der Waals surface area contributed by atoms with Gasteiger partial charge < -0.3 is 10.5 Å². The van der Waals surface area contributed by atoms with Crippen molar-refractivity contribution in [2.24, 2.45) is 11.7 Å². The predicted molar refractivity (Wildman–Crippen MR) is 57.1 cm³/mol. The van der Waals surface area contributed by atoms with Crippen LogP contribution >= 0.6 is 0 Å². The molecule has 1 heterocycles. The van der Waals surface area contributed by atoms with Crippen molar-refractivity contribution >= 4 is 0 Å². The van der Waals surface area contributed by atoms with E-state index in [9.17, 15) is 0 Å². The van der Waals surface area contributed by atoms with Gasteiger partial charge in [-0.3, -0.25) is 4.98 Å². The van der Waals surface area contributed by atoms with Crippen molar-refractivity contribution in [3.63, 3.8) is 0 Å². The molecule has 14 heavy (non-hydrogen) atoms. The minimum Gasteiger partial charge on any atom is -0.492 e. The van der Waals surface area contributed by atoms with Crippen LogP contribution in [0.2, 0.25) is 0 Å². The first-order valence-corrected chi connectivity index (χ1v) is 5.00. The van der Waals surface area contributed by atoms with Gasteiger partial charge >= 0.3 is 0 Å². The largest absolute Gasteiger partial charge is 0.492 e. The summed E-state index contributed by atoms with van der Waals surface area (Å²) in [5.74, 6) is 1.49. The number of pyridine rings is 1. The molecule has 0 bridgehead atoms. The molecule has 0 saturated heterocycles. The molecule has 0 spiro atoms. The third-order valence-electron chi connectivity index (χ3n) is 1.97. The Kier molecular flexibility index (Phi) is 4.40. The third kappa shape index (κ3) is 3.75. The normalized spacial score (nSPS) is 10.6. The lowest BCUT2D eigenvalue weighted by Gasteiger charge is -2.07. The van der Waals surface area contributed by atoms with Gasteiger partial charge in [-0.1, -0.05) is 13.8 Å².